The van der Waals surface area contributed by atoms with Gasteiger partial charge in [0, 0.05) is 13.1 Å². The van der Waals surface area contributed by atoms with Crippen LogP contribution in [0.4, 0.5) is 9.59 Å². The van der Waals surface area contributed by atoms with E-state index in [2.05, 4.69) is 24.5 Å². The number of carbonyl (C=O) groups excluding carboxylic acids is 2. The van der Waals surface area contributed by atoms with Crippen LogP contribution in [-0.2, 0) is 9.47 Å². The molecule has 0 rings (SSSR count). The zero-order chi connectivity index (χ0) is 20.7. The summed E-state index contributed by atoms with van der Waals surface area (Å²) >= 11 is 0. The van der Waals surface area contributed by atoms with Crippen molar-refractivity contribution in [3.05, 3.63) is 0 Å². The third kappa shape index (κ3) is 20.8. The minimum absolute atomic E-state index is 0.281. The SMILES string of the molecule is CCCCOC(=O)NCCCCCCCCCCCCNC(=O)OCCCC. The van der Waals surface area contributed by atoms with Gasteiger partial charge in [-0.05, 0) is 25.7 Å². The third-order valence-electron chi connectivity index (χ3n) is 4.60. The Kier molecular flexibility index (Phi) is 20.7. The second-order valence-corrected chi connectivity index (χ2v) is 7.37. The molecule has 0 fully saturated rings. The highest BCUT2D eigenvalue weighted by atomic mass is 16.6. The van der Waals surface area contributed by atoms with Crippen molar-refractivity contribution < 1.29 is 19.1 Å². The van der Waals surface area contributed by atoms with E-state index >= 15 is 0 Å². The van der Waals surface area contributed by atoms with Crippen molar-refractivity contribution in [2.24, 2.45) is 0 Å². The molecule has 0 aliphatic heterocycles. The van der Waals surface area contributed by atoms with E-state index in [0.29, 0.717) is 26.3 Å². The second-order valence-electron chi connectivity index (χ2n) is 7.37. The number of carbonyl (C=O) groups is 2. The normalized spacial score (nSPS) is 10.5. The van der Waals surface area contributed by atoms with E-state index < -0.39 is 0 Å². The molecule has 0 unspecified atom stereocenters. The summed E-state index contributed by atoms with van der Waals surface area (Å²) in [7, 11) is 0. The Labute approximate surface area is 172 Å². The molecule has 0 radical (unpaired) electrons. The van der Waals surface area contributed by atoms with Crippen LogP contribution in [0.25, 0.3) is 0 Å². The Morgan fingerprint density at radius 3 is 1.18 bits per heavy atom. The highest BCUT2D eigenvalue weighted by Crippen LogP contribution is 2.10. The number of alkyl carbamates (subject to hydrolysis) is 2. The maximum Gasteiger partial charge on any atom is 0.407 e. The van der Waals surface area contributed by atoms with Crippen LogP contribution in [0.5, 0.6) is 0 Å². The van der Waals surface area contributed by atoms with Gasteiger partial charge in [0.15, 0.2) is 0 Å². The van der Waals surface area contributed by atoms with Crippen LogP contribution < -0.4 is 10.6 Å². The molecular formula is C22H44N2O4. The molecule has 2 amide bonds. The molecule has 28 heavy (non-hydrogen) atoms. The number of nitrogens with one attached hydrogen (secondary N) is 2. The summed E-state index contributed by atoms with van der Waals surface area (Å²) < 4.78 is 10.1. The largest absolute Gasteiger partial charge is 0.450 e. The van der Waals surface area contributed by atoms with E-state index in [-0.39, 0.29) is 12.2 Å². The minimum atomic E-state index is -0.281. The van der Waals surface area contributed by atoms with Gasteiger partial charge in [0.05, 0.1) is 13.2 Å². The van der Waals surface area contributed by atoms with Crippen molar-refractivity contribution in [1.82, 2.24) is 10.6 Å². The van der Waals surface area contributed by atoms with E-state index in [9.17, 15) is 9.59 Å². The Bertz CT molecular complexity index is 330. The molecule has 0 bridgehead atoms. The lowest BCUT2D eigenvalue weighted by Crippen LogP contribution is -2.25. The fourth-order valence-electron chi connectivity index (χ4n) is 2.77. The molecule has 2 N–H and O–H groups in total. The van der Waals surface area contributed by atoms with Crippen LogP contribution in [-0.4, -0.2) is 38.5 Å². The first-order valence-corrected chi connectivity index (χ1v) is 11.5. The van der Waals surface area contributed by atoms with Crippen molar-refractivity contribution in [2.45, 2.75) is 104 Å². The molecule has 0 atom stereocenters. The molecule has 0 saturated heterocycles. The monoisotopic (exact) mass is 400 g/mol. The van der Waals surface area contributed by atoms with Gasteiger partial charge in [-0.1, -0.05) is 78.1 Å². The first kappa shape index (κ1) is 26.5. The summed E-state index contributed by atoms with van der Waals surface area (Å²) in [4.78, 5) is 22.7. The van der Waals surface area contributed by atoms with Crippen molar-refractivity contribution in [1.29, 1.82) is 0 Å². The molecule has 0 aliphatic rings. The summed E-state index contributed by atoms with van der Waals surface area (Å²) in [6.45, 7) is 6.62. The molecule has 0 heterocycles. The average molecular weight is 401 g/mol. The van der Waals surface area contributed by atoms with E-state index in [1.807, 2.05) is 0 Å². The van der Waals surface area contributed by atoms with Gasteiger partial charge in [-0.25, -0.2) is 9.59 Å². The predicted octanol–water partition coefficient (Wildman–Crippen LogP) is 5.94. The van der Waals surface area contributed by atoms with Gasteiger partial charge in [-0.2, -0.15) is 0 Å². The maximum atomic E-state index is 11.3. The molecule has 0 aromatic heterocycles. The lowest BCUT2D eigenvalue weighted by molar-refractivity contribution is 0.143. The van der Waals surface area contributed by atoms with Crippen LogP contribution in [0.15, 0.2) is 0 Å². The summed E-state index contributed by atoms with van der Waals surface area (Å²) in [5.41, 5.74) is 0. The number of unbranched alkanes of at least 4 members (excludes halogenated alkanes) is 11. The molecule has 0 saturated carbocycles. The maximum absolute atomic E-state index is 11.3. The molecular weight excluding hydrogens is 356 g/mol. The van der Waals surface area contributed by atoms with Crippen LogP contribution in [0.2, 0.25) is 0 Å². The Morgan fingerprint density at radius 1 is 0.536 bits per heavy atom. The highest BCUT2D eigenvalue weighted by Gasteiger charge is 2.01. The van der Waals surface area contributed by atoms with Gasteiger partial charge in [0.2, 0.25) is 0 Å². The lowest BCUT2D eigenvalue weighted by atomic mass is 10.1. The first-order valence-electron chi connectivity index (χ1n) is 11.5. The number of rotatable bonds is 19. The number of amides is 2. The van der Waals surface area contributed by atoms with Crippen molar-refractivity contribution >= 4 is 12.2 Å². The van der Waals surface area contributed by atoms with Gasteiger partial charge in [-0.15, -0.1) is 0 Å². The van der Waals surface area contributed by atoms with Gasteiger partial charge < -0.3 is 20.1 Å². The Hall–Kier alpha value is -1.46. The summed E-state index contributed by atoms with van der Waals surface area (Å²) in [6, 6.07) is 0. The summed E-state index contributed by atoms with van der Waals surface area (Å²) in [5.74, 6) is 0. The topological polar surface area (TPSA) is 76.7 Å². The van der Waals surface area contributed by atoms with E-state index in [1.54, 1.807) is 0 Å². The van der Waals surface area contributed by atoms with Crippen molar-refractivity contribution in [3.63, 3.8) is 0 Å². The van der Waals surface area contributed by atoms with E-state index in [0.717, 1.165) is 51.4 Å². The van der Waals surface area contributed by atoms with Crippen molar-refractivity contribution in [2.75, 3.05) is 26.3 Å². The van der Waals surface area contributed by atoms with Gasteiger partial charge >= 0.3 is 12.2 Å². The molecule has 166 valence electrons. The standard InChI is InChI=1S/C22H44N2O4/c1-3-5-19-27-21(25)23-17-15-13-11-9-7-8-10-12-14-16-18-24-22(26)28-20-6-4-2/h3-20H2,1-2H3,(H,23,25)(H,24,26). The second kappa shape index (κ2) is 21.8. The van der Waals surface area contributed by atoms with Gasteiger partial charge in [0.1, 0.15) is 0 Å². The van der Waals surface area contributed by atoms with Gasteiger partial charge in [-0.3, -0.25) is 0 Å². The van der Waals surface area contributed by atoms with Crippen LogP contribution >= 0.6 is 0 Å². The Balaban J connectivity index is 3.16. The predicted molar refractivity (Wildman–Crippen MR) is 115 cm³/mol. The molecule has 0 aromatic rings. The Morgan fingerprint density at radius 2 is 0.857 bits per heavy atom. The quantitative estimate of drug-likeness (QED) is 0.263. The third-order valence-corrected chi connectivity index (χ3v) is 4.60. The fourth-order valence-corrected chi connectivity index (χ4v) is 2.77. The van der Waals surface area contributed by atoms with Gasteiger partial charge in [0.25, 0.3) is 0 Å². The van der Waals surface area contributed by atoms with Crippen LogP contribution in [0.1, 0.15) is 104 Å². The fraction of sp³-hybridized carbons (Fsp3) is 0.909. The smallest absolute Gasteiger partial charge is 0.407 e. The zero-order valence-electron chi connectivity index (χ0n) is 18.4. The molecule has 0 aromatic carbocycles. The highest BCUT2D eigenvalue weighted by molar-refractivity contribution is 5.67. The lowest BCUT2D eigenvalue weighted by Gasteiger charge is -2.07. The summed E-state index contributed by atoms with van der Waals surface area (Å²) in [5, 5.41) is 5.60. The minimum Gasteiger partial charge on any atom is -0.450 e. The number of hydrogen-bond acceptors (Lipinski definition) is 4. The molecule has 6 nitrogen and oxygen atoms in total. The summed E-state index contributed by atoms with van der Waals surface area (Å²) in [6.07, 6.45) is 15.3. The number of ether oxygens (including phenoxy) is 2. The van der Waals surface area contributed by atoms with Crippen LogP contribution in [0.3, 0.4) is 0 Å². The average Bonchev–Trinajstić information content (AvgIpc) is 2.68. The van der Waals surface area contributed by atoms with E-state index in [4.69, 9.17) is 9.47 Å². The molecule has 0 spiro atoms. The first-order chi connectivity index (χ1) is 13.7. The molecule has 0 aliphatic carbocycles. The van der Waals surface area contributed by atoms with Crippen LogP contribution in [0, 0.1) is 0 Å². The molecule has 6 heteroatoms. The van der Waals surface area contributed by atoms with Crippen molar-refractivity contribution in [3.8, 4) is 0 Å². The van der Waals surface area contributed by atoms with E-state index in [1.165, 1.54) is 38.5 Å². The zero-order valence-corrected chi connectivity index (χ0v) is 18.4. The number of hydrogen-bond donors (Lipinski definition) is 2.